The van der Waals surface area contributed by atoms with Gasteiger partial charge >= 0.3 is 0 Å². The summed E-state index contributed by atoms with van der Waals surface area (Å²) in [4.78, 5) is 14.0. The maximum Gasteiger partial charge on any atom is 0.223 e. The summed E-state index contributed by atoms with van der Waals surface area (Å²) in [5.41, 5.74) is 1.26. The van der Waals surface area contributed by atoms with Gasteiger partial charge in [-0.2, -0.15) is 0 Å². The molecule has 1 fully saturated rings. The van der Waals surface area contributed by atoms with Crippen molar-refractivity contribution in [2.24, 2.45) is 0 Å². The molecule has 3 heteroatoms. The predicted octanol–water partition coefficient (Wildman–Crippen LogP) is 3.56. The van der Waals surface area contributed by atoms with Crippen LogP contribution in [-0.4, -0.2) is 23.4 Å². The maximum absolute atomic E-state index is 12.0. The molecule has 1 aromatic carbocycles. The molecule has 1 aliphatic heterocycles. The first-order valence-corrected chi connectivity index (χ1v) is 6.96. The number of hydrogen-bond donors (Lipinski definition) is 0. The molecule has 1 aromatic rings. The van der Waals surface area contributed by atoms with Gasteiger partial charge in [0.25, 0.3) is 0 Å². The third-order valence-corrected chi connectivity index (χ3v) is 4.09. The molecule has 0 N–H and O–H groups in total. The molecule has 0 radical (unpaired) electrons. The molecule has 0 saturated carbocycles. The molecule has 2 atom stereocenters. The van der Waals surface area contributed by atoms with Crippen LogP contribution in [0.1, 0.15) is 38.2 Å². The summed E-state index contributed by atoms with van der Waals surface area (Å²) >= 11 is 3.48. The van der Waals surface area contributed by atoms with Gasteiger partial charge in [0.2, 0.25) is 5.91 Å². The fourth-order valence-electron chi connectivity index (χ4n) is 2.36. The van der Waals surface area contributed by atoms with Gasteiger partial charge in [0.05, 0.1) is 0 Å². The van der Waals surface area contributed by atoms with Crippen LogP contribution in [0.15, 0.2) is 28.7 Å². The van der Waals surface area contributed by atoms with E-state index in [9.17, 15) is 4.79 Å². The van der Waals surface area contributed by atoms with Crippen molar-refractivity contribution >= 4 is 21.8 Å². The van der Waals surface area contributed by atoms with Crippen LogP contribution in [-0.2, 0) is 4.79 Å². The third-order valence-electron chi connectivity index (χ3n) is 3.60. The normalized spacial score (nSPS) is 21.9. The first-order chi connectivity index (χ1) is 8.11. The Kier molecular flexibility index (Phi) is 3.87. The molecule has 2 rings (SSSR count). The second-order valence-corrected chi connectivity index (χ2v) is 5.68. The summed E-state index contributed by atoms with van der Waals surface area (Å²) < 4.78 is 1.09. The zero-order chi connectivity index (χ0) is 12.4. The molecule has 0 aliphatic carbocycles. The van der Waals surface area contributed by atoms with E-state index in [0.717, 1.165) is 17.4 Å². The minimum Gasteiger partial charge on any atom is -0.339 e. The Hall–Kier alpha value is -0.830. The van der Waals surface area contributed by atoms with E-state index in [1.54, 1.807) is 0 Å². The summed E-state index contributed by atoms with van der Waals surface area (Å²) in [6.07, 6.45) is 1.68. The second-order valence-electron chi connectivity index (χ2n) is 4.76. The van der Waals surface area contributed by atoms with E-state index in [4.69, 9.17) is 0 Å². The van der Waals surface area contributed by atoms with Gasteiger partial charge in [-0.3, -0.25) is 4.79 Å². The molecule has 2 nitrogen and oxygen atoms in total. The number of amides is 1. The van der Waals surface area contributed by atoms with Crippen molar-refractivity contribution in [3.05, 3.63) is 34.3 Å². The highest BCUT2D eigenvalue weighted by Crippen LogP contribution is 2.31. The molecule has 17 heavy (non-hydrogen) atoms. The highest BCUT2D eigenvalue weighted by molar-refractivity contribution is 9.10. The van der Waals surface area contributed by atoms with Gasteiger partial charge in [0.1, 0.15) is 0 Å². The molecule has 0 spiro atoms. The maximum atomic E-state index is 12.0. The lowest BCUT2D eigenvalue weighted by Gasteiger charge is -2.23. The summed E-state index contributed by atoms with van der Waals surface area (Å²) in [5.74, 6) is 0.651. The second kappa shape index (κ2) is 5.21. The first-order valence-electron chi connectivity index (χ1n) is 6.16. The Morgan fingerprint density at radius 2 is 2.29 bits per heavy atom. The number of halogens is 1. The van der Waals surface area contributed by atoms with E-state index in [1.807, 2.05) is 17.0 Å². The summed E-state index contributed by atoms with van der Waals surface area (Å²) in [7, 11) is 0. The van der Waals surface area contributed by atoms with Gasteiger partial charge < -0.3 is 4.90 Å². The van der Waals surface area contributed by atoms with Crippen molar-refractivity contribution in [3.8, 4) is 0 Å². The van der Waals surface area contributed by atoms with Crippen molar-refractivity contribution in [1.29, 1.82) is 0 Å². The molecule has 1 amide bonds. The molecule has 92 valence electrons. The average Bonchev–Trinajstić information content (AvgIpc) is 2.70. The van der Waals surface area contributed by atoms with Crippen LogP contribution < -0.4 is 0 Å². The Labute approximate surface area is 111 Å². The number of carbonyl (C=O) groups excluding carboxylic acids is 1. The lowest BCUT2D eigenvalue weighted by molar-refractivity contribution is -0.129. The lowest BCUT2D eigenvalue weighted by Crippen LogP contribution is -2.33. The van der Waals surface area contributed by atoms with E-state index < -0.39 is 0 Å². The van der Waals surface area contributed by atoms with Crippen LogP contribution in [0.25, 0.3) is 0 Å². The largest absolute Gasteiger partial charge is 0.339 e. The van der Waals surface area contributed by atoms with Crippen molar-refractivity contribution in [2.75, 3.05) is 6.54 Å². The Balaban J connectivity index is 2.13. The van der Waals surface area contributed by atoms with Crippen LogP contribution in [0.3, 0.4) is 0 Å². The molecule has 0 aromatic heterocycles. The number of rotatable bonds is 3. The van der Waals surface area contributed by atoms with Gasteiger partial charge in [-0.15, -0.1) is 0 Å². The molecule has 0 bridgehead atoms. The number of likely N-dealkylation sites (tertiary alicyclic amines) is 1. The summed E-state index contributed by atoms with van der Waals surface area (Å²) in [6, 6.07) is 8.66. The smallest absolute Gasteiger partial charge is 0.223 e. The Morgan fingerprint density at radius 1 is 1.53 bits per heavy atom. The number of benzene rings is 1. The molecular formula is C14H18BrNO. The monoisotopic (exact) mass is 295 g/mol. The van der Waals surface area contributed by atoms with Gasteiger partial charge in [-0.1, -0.05) is 35.0 Å². The lowest BCUT2D eigenvalue weighted by atomic mass is 9.98. The molecule has 1 unspecified atom stereocenters. The van der Waals surface area contributed by atoms with E-state index in [1.165, 1.54) is 5.56 Å². The van der Waals surface area contributed by atoms with Gasteiger partial charge in [0, 0.05) is 29.4 Å². The quantitative estimate of drug-likeness (QED) is 0.835. The third kappa shape index (κ3) is 2.71. The van der Waals surface area contributed by atoms with Gasteiger partial charge in [-0.25, -0.2) is 0 Å². The summed E-state index contributed by atoms with van der Waals surface area (Å²) in [6.45, 7) is 5.12. The topological polar surface area (TPSA) is 20.3 Å². The highest BCUT2D eigenvalue weighted by Gasteiger charge is 2.32. The van der Waals surface area contributed by atoms with E-state index >= 15 is 0 Å². The van der Waals surface area contributed by atoms with Crippen LogP contribution in [0.5, 0.6) is 0 Å². The SMILES string of the molecule is CC[C@H](C)N1CC(c2cccc(Br)c2)CC1=O. The highest BCUT2D eigenvalue weighted by atomic mass is 79.9. The minimum absolute atomic E-state index is 0.296. The number of hydrogen-bond acceptors (Lipinski definition) is 1. The van der Waals surface area contributed by atoms with Crippen LogP contribution in [0, 0.1) is 0 Å². The fraction of sp³-hybridized carbons (Fsp3) is 0.500. The molecular weight excluding hydrogens is 278 g/mol. The molecule has 1 aliphatic rings. The standard InChI is InChI=1S/C14H18BrNO/c1-3-10(2)16-9-12(8-14(16)17)11-5-4-6-13(15)7-11/h4-7,10,12H,3,8-9H2,1-2H3/t10-,12?/m0/s1. The zero-order valence-corrected chi connectivity index (χ0v) is 11.9. The van der Waals surface area contributed by atoms with Crippen LogP contribution in [0.2, 0.25) is 0 Å². The van der Waals surface area contributed by atoms with E-state index in [-0.39, 0.29) is 0 Å². The van der Waals surface area contributed by atoms with Crippen molar-refractivity contribution in [2.45, 2.75) is 38.6 Å². The van der Waals surface area contributed by atoms with Gasteiger partial charge in [-0.05, 0) is 31.0 Å². The minimum atomic E-state index is 0.296. The van der Waals surface area contributed by atoms with E-state index in [2.05, 4.69) is 41.9 Å². The van der Waals surface area contributed by atoms with Crippen molar-refractivity contribution in [3.63, 3.8) is 0 Å². The Morgan fingerprint density at radius 3 is 2.94 bits per heavy atom. The number of nitrogens with zero attached hydrogens (tertiary/aromatic N) is 1. The fourth-order valence-corrected chi connectivity index (χ4v) is 2.78. The molecule has 1 saturated heterocycles. The predicted molar refractivity (Wildman–Crippen MR) is 73.0 cm³/mol. The Bertz CT molecular complexity index is 418. The van der Waals surface area contributed by atoms with Crippen molar-refractivity contribution < 1.29 is 4.79 Å². The average molecular weight is 296 g/mol. The van der Waals surface area contributed by atoms with Crippen LogP contribution in [0.4, 0.5) is 0 Å². The summed E-state index contributed by atoms with van der Waals surface area (Å²) in [5, 5.41) is 0. The first kappa shape index (κ1) is 12.6. The van der Waals surface area contributed by atoms with Gasteiger partial charge in [0.15, 0.2) is 0 Å². The van der Waals surface area contributed by atoms with Crippen molar-refractivity contribution in [1.82, 2.24) is 4.90 Å². The zero-order valence-electron chi connectivity index (χ0n) is 10.3. The van der Waals surface area contributed by atoms with E-state index in [0.29, 0.717) is 24.3 Å². The molecule has 1 heterocycles. The van der Waals surface area contributed by atoms with Crippen LogP contribution >= 0.6 is 15.9 Å². The number of carbonyl (C=O) groups is 1.